The molecule has 0 aliphatic rings. The SMILES string of the molecule is COC(=O)COc1ccc(S(=O)[O-])cc1.COc1c(C)cnc(CS(=O)c2nc3cc(CO)ccc3n2S(=O)(=O)c2ccc(OCC(=O)O)cc2)c1C.COc1c(C)cnc(CS(=O)c2nc3cc(CO)ccc3n2S(=O)(=O)c2ccc(OCC(=O)[O-])cc2)c1C.O.[Na+]. The van der Waals surface area contributed by atoms with Crippen LogP contribution in [0.2, 0.25) is 0 Å². The number of hydrogen-bond acceptors (Lipinski definition) is 24. The number of nitrogens with zero attached hydrogens (tertiary/aromatic N) is 6. The van der Waals surface area contributed by atoms with E-state index >= 15 is 0 Å². The summed E-state index contributed by atoms with van der Waals surface area (Å²) < 4.78 is 136. The van der Waals surface area contributed by atoms with E-state index in [4.69, 9.17) is 28.8 Å². The molecule has 3 atom stereocenters. The number of carboxylic acid groups (broad SMARTS) is 2. The summed E-state index contributed by atoms with van der Waals surface area (Å²) in [6, 6.07) is 25.2. The van der Waals surface area contributed by atoms with Gasteiger partial charge in [0.15, 0.2) is 13.2 Å². The summed E-state index contributed by atoms with van der Waals surface area (Å²) >= 11 is -2.25. The Balaban J connectivity index is 0.000000272. The van der Waals surface area contributed by atoms with Crippen molar-refractivity contribution in [2.75, 3.05) is 41.2 Å². The monoisotopic (exact) mass is 1390 g/mol. The van der Waals surface area contributed by atoms with E-state index in [2.05, 4.69) is 24.7 Å². The Hall–Kier alpha value is -8.06. The van der Waals surface area contributed by atoms with E-state index in [9.17, 15) is 63.7 Å². The third-order valence-corrected chi connectivity index (χ3v) is 19.9. The molecular weight excluding hydrogens is 1330 g/mol. The maximum atomic E-state index is 13.8. The topological polar surface area (TPSA) is 426 Å². The maximum Gasteiger partial charge on any atom is 1.00 e. The molecule has 490 valence electrons. The first kappa shape index (κ1) is 75.7. The van der Waals surface area contributed by atoms with Gasteiger partial charge in [0.05, 0.1) is 117 Å². The predicted molar refractivity (Wildman–Crippen MR) is 328 cm³/mol. The summed E-state index contributed by atoms with van der Waals surface area (Å²) in [7, 11) is -8.21. The molecule has 0 saturated carbocycles. The minimum absolute atomic E-state index is 0. The van der Waals surface area contributed by atoms with Crippen molar-refractivity contribution in [3.63, 3.8) is 0 Å². The van der Waals surface area contributed by atoms with Crippen molar-refractivity contribution < 1.29 is 132 Å². The number of carbonyl (C=O) groups is 3. The first-order valence-electron chi connectivity index (χ1n) is 26.5. The van der Waals surface area contributed by atoms with Gasteiger partial charge < -0.3 is 63.7 Å². The van der Waals surface area contributed by atoms with Crippen molar-refractivity contribution in [3.05, 3.63) is 166 Å². The Kier molecular flexibility index (Phi) is 27.4. The van der Waals surface area contributed by atoms with Crippen LogP contribution in [0.3, 0.4) is 0 Å². The van der Waals surface area contributed by atoms with Gasteiger partial charge in [0.2, 0.25) is 10.3 Å². The minimum atomic E-state index is -4.32. The standard InChI is InChI=1S/2C25H25N3O8S2.C9H10O5S.Na.H2O/c2*1-15-11-26-21(16(2)24(15)35-3)14-37(32)25-27-20-10-17(12-29)4-9-22(20)28(25)38(33,34)19-7-5-18(6-8-19)36-13-23(30)31;1-13-9(10)6-14-7-2-4-8(5-3-7)15(11)12;;/h2*4-11,29H,12-14H2,1-3H3,(H,30,31);2-5H,6H2,1H3,(H,11,12);;1H2/q;;;+1;/p-2. The van der Waals surface area contributed by atoms with E-state index in [1.165, 1.54) is 118 Å². The molecule has 5 aromatic carbocycles. The van der Waals surface area contributed by atoms with Gasteiger partial charge in [0.1, 0.15) is 35.4 Å². The van der Waals surface area contributed by atoms with Gasteiger partial charge in [-0.3, -0.25) is 22.6 Å². The van der Waals surface area contributed by atoms with E-state index in [1.807, 2.05) is 13.8 Å². The van der Waals surface area contributed by atoms with E-state index < -0.39 is 83.8 Å². The zero-order valence-electron chi connectivity index (χ0n) is 50.9. The van der Waals surface area contributed by atoms with E-state index in [0.29, 0.717) is 50.9 Å². The van der Waals surface area contributed by atoms with Gasteiger partial charge >= 0.3 is 41.5 Å². The van der Waals surface area contributed by atoms with Gasteiger partial charge in [-0.1, -0.05) is 12.1 Å². The van der Waals surface area contributed by atoms with Crippen molar-refractivity contribution in [2.45, 2.75) is 77.4 Å². The molecule has 3 unspecified atom stereocenters. The summed E-state index contributed by atoms with van der Waals surface area (Å²) in [6.07, 6.45) is 3.19. The Morgan fingerprint density at radius 2 is 0.946 bits per heavy atom. The number of methoxy groups -OCH3 is 3. The van der Waals surface area contributed by atoms with Crippen LogP contribution in [0, 0.1) is 27.7 Å². The van der Waals surface area contributed by atoms with Crippen molar-refractivity contribution in [1.82, 2.24) is 27.9 Å². The maximum absolute atomic E-state index is 13.8. The molecule has 4 heterocycles. The number of aliphatic carboxylic acids is 2. The molecule has 0 spiro atoms. The summed E-state index contributed by atoms with van der Waals surface area (Å²) in [5.41, 5.74) is 5.78. The van der Waals surface area contributed by atoms with Crippen LogP contribution in [0.25, 0.3) is 22.1 Å². The molecule has 4 aromatic heterocycles. The molecule has 0 bridgehead atoms. The van der Waals surface area contributed by atoms with Crippen LogP contribution >= 0.6 is 0 Å². The molecular formula is C59H60N6NaO22S5-. The molecule has 0 aliphatic carbocycles. The molecule has 5 N–H and O–H groups in total. The first-order valence-corrected chi connectivity index (χ1v) is 33.1. The second-order valence-electron chi connectivity index (χ2n) is 19.2. The number of rotatable bonds is 24. The zero-order chi connectivity index (χ0) is 66.5. The van der Waals surface area contributed by atoms with Gasteiger partial charge in [-0.15, -0.1) is 0 Å². The number of aliphatic hydroxyl groups excluding tert-OH is 2. The van der Waals surface area contributed by atoms with Crippen LogP contribution in [0.5, 0.6) is 28.7 Å². The summed E-state index contributed by atoms with van der Waals surface area (Å²) in [4.78, 5) is 49.5. The number of carboxylic acids is 2. The number of aromatic nitrogens is 6. The van der Waals surface area contributed by atoms with Crippen molar-refractivity contribution in [3.8, 4) is 28.7 Å². The van der Waals surface area contributed by atoms with Crippen LogP contribution in [0.15, 0.2) is 147 Å². The number of aryl methyl sites for hydroxylation is 2. The smallest absolute Gasteiger partial charge is 0.768 e. The normalized spacial score (nSPS) is 12.1. The van der Waals surface area contributed by atoms with E-state index in [-0.39, 0.29) is 125 Å². The van der Waals surface area contributed by atoms with Crippen molar-refractivity contribution >= 4 is 92.7 Å². The Morgan fingerprint density at radius 1 is 0.570 bits per heavy atom. The predicted octanol–water partition coefficient (Wildman–Crippen LogP) is 0.435. The molecule has 28 nitrogen and oxygen atoms in total. The average Bonchev–Trinajstić information content (AvgIpc) is 1.63. The number of imidazole rings is 2. The number of hydrogen-bond donors (Lipinski definition) is 3. The molecule has 93 heavy (non-hydrogen) atoms. The fourth-order valence-electron chi connectivity index (χ4n) is 8.68. The second kappa shape index (κ2) is 33.7. The van der Waals surface area contributed by atoms with Gasteiger partial charge in [-0.25, -0.2) is 44.3 Å². The Morgan fingerprint density at radius 3 is 1.29 bits per heavy atom. The average molecular weight is 1390 g/mol. The number of pyridine rings is 2. The van der Waals surface area contributed by atoms with Crippen LogP contribution in [-0.2, 0) is 96.6 Å². The van der Waals surface area contributed by atoms with Crippen LogP contribution < -0.4 is 58.3 Å². The van der Waals surface area contributed by atoms with Crippen molar-refractivity contribution in [2.24, 2.45) is 0 Å². The molecule has 0 amide bonds. The number of fused-ring (bicyclic) bond motifs is 2. The summed E-state index contributed by atoms with van der Waals surface area (Å²) in [5, 5.41) is 38.1. The Labute approximate surface area is 562 Å². The van der Waals surface area contributed by atoms with Crippen LogP contribution in [-0.4, -0.2) is 142 Å². The second-order valence-corrected chi connectivity index (χ2v) is 26.4. The van der Waals surface area contributed by atoms with E-state index in [0.717, 1.165) is 19.1 Å². The molecule has 0 saturated heterocycles. The number of benzene rings is 5. The fraction of sp³-hybridized carbons (Fsp3) is 0.237. The Bertz CT molecular complexity index is 4230. The van der Waals surface area contributed by atoms with Gasteiger partial charge in [0.25, 0.3) is 20.0 Å². The van der Waals surface area contributed by atoms with Gasteiger partial charge in [0, 0.05) is 39.5 Å². The molecule has 34 heteroatoms. The quantitative estimate of drug-likeness (QED) is 0.0419. The van der Waals surface area contributed by atoms with Crippen LogP contribution in [0.4, 0.5) is 0 Å². The molecule has 0 radical (unpaired) electrons. The number of esters is 1. The van der Waals surface area contributed by atoms with Crippen LogP contribution in [0.1, 0.15) is 44.8 Å². The minimum Gasteiger partial charge on any atom is -0.768 e. The van der Waals surface area contributed by atoms with Crippen molar-refractivity contribution in [1.29, 1.82) is 0 Å². The van der Waals surface area contributed by atoms with E-state index in [1.54, 1.807) is 38.4 Å². The zero-order valence-corrected chi connectivity index (χ0v) is 57.0. The number of aliphatic hydroxyl groups is 2. The number of carbonyl (C=O) groups excluding carboxylic acids is 2. The third-order valence-electron chi connectivity index (χ3n) is 13.1. The molecule has 0 fully saturated rings. The first-order chi connectivity index (χ1) is 43.3. The fourth-order valence-corrected chi connectivity index (χ4v) is 15.1. The summed E-state index contributed by atoms with van der Waals surface area (Å²) in [5.74, 6) is -1.40. The summed E-state index contributed by atoms with van der Waals surface area (Å²) in [6.45, 7) is 5.20. The molecule has 9 aromatic rings. The third kappa shape index (κ3) is 18.4. The van der Waals surface area contributed by atoms with Gasteiger partial charge in [-0.05, 0) is 147 Å². The molecule has 9 rings (SSSR count). The van der Waals surface area contributed by atoms with Gasteiger partial charge in [-0.2, -0.15) is 0 Å². The molecule has 0 aliphatic heterocycles. The number of ether oxygens (including phenoxy) is 6. The largest absolute Gasteiger partial charge is 1.00 e.